The van der Waals surface area contributed by atoms with Crippen molar-refractivity contribution in [1.82, 2.24) is 15.5 Å². The molecule has 1 aromatic carbocycles. The zero-order chi connectivity index (χ0) is 16.1. The summed E-state index contributed by atoms with van der Waals surface area (Å²) in [6, 6.07) is 8.38. The van der Waals surface area contributed by atoms with Crippen LogP contribution in [-0.2, 0) is 22.7 Å². The van der Waals surface area contributed by atoms with Gasteiger partial charge in [0.2, 0.25) is 11.8 Å². The SMILES string of the molecule is Cl.O=C(CC1CCCN1)NCc1ccccc1CN1CCCC1=O. The minimum absolute atomic E-state index is 0. The van der Waals surface area contributed by atoms with Crippen molar-refractivity contribution in [2.75, 3.05) is 13.1 Å². The Bertz CT molecular complexity index is 573. The maximum absolute atomic E-state index is 12.1. The predicted octanol–water partition coefficient (Wildman–Crippen LogP) is 1.99. The molecule has 0 saturated carbocycles. The molecule has 2 amide bonds. The molecule has 0 bridgehead atoms. The van der Waals surface area contributed by atoms with Gasteiger partial charge in [-0.3, -0.25) is 9.59 Å². The highest BCUT2D eigenvalue weighted by atomic mass is 35.5. The van der Waals surface area contributed by atoms with Gasteiger partial charge in [-0.25, -0.2) is 0 Å². The van der Waals surface area contributed by atoms with Crippen molar-refractivity contribution < 1.29 is 9.59 Å². The van der Waals surface area contributed by atoms with Crippen LogP contribution in [0.3, 0.4) is 0 Å². The Morgan fingerprint density at radius 3 is 2.71 bits per heavy atom. The molecule has 1 aromatic rings. The molecule has 2 saturated heterocycles. The first kappa shape index (κ1) is 18.7. The lowest BCUT2D eigenvalue weighted by Gasteiger charge is -2.18. The lowest BCUT2D eigenvalue weighted by Crippen LogP contribution is -2.32. The average molecular weight is 352 g/mol. The molecule has 6 heteroatoms. The Labute approximate surface area is 149 Å². The minimum atomic E-state index is 0. The van der Waals surface area contributed by atoms with Gasteiger partial charge in [0.15, 0.2) is 0 Å². The number of likely N-dealkylation sites (tertiary alicyclic amines) is 1. The predicted molar refractivity (Wildman–Crippen MR) is 95.8 cm³/mol. The number of amides is 2. The Morgan fingerprint density at radius 1 is 1.25 bits per heavy atom. The average Bonchev–Trinajstić information content (AvgIpc) is 3.19. The van der Waals surface area contributed by atoms with Crippen LogP contribution in [-0.4, -0.2) is 35.8 Å². The molecule has 3 rings (SSSR count). The van der Waals surface area contributed by atoms with Gasteiger partial charge in [-0.15, -0.1) is 12.4 Å². The third-order valence-electron chi connectivity index (χ3n) is 4.72. The lowest BCUT2D eigenvalue weighted by atomic mass is 10.1. The topological polar surface area (TPSA) is 61.4 Å². The molecule has 2 fully saturated rings. The van der Waals surface area contributed by atoms with E-state index in [4.69, 9.17) is 0 Å². The molecule has 1 atom stereocenters. The van der Waals surface area contributed by atoms with Crippen molar-refractivity contribution in [3.8, 4) is 0 Å². The smallest absolute Gasteiger partial charge is 0.222 e. The van der Waals surface area contributed by atoms with Gasteiger partial charge in [-0.2, -0.15) is 0 Å². The van der Waals surface area contributed by atoms with Crippen molar-refractivity contribution in [2.45, 2.75) is 51.2 Å². The van der Waals surface area contributed by atoms with Crippen molar-refractivity contribution in [3.05, 3.63) is 35.4 Å². The molecule has 2 heterocycles. The molecule has 2 aliphatic rings. The largest absolute Gasteiger partial charge is 0.352 e. The van der Waals surface area contributed by atoms with Gasteiger partial charge in [-0.05, 0) is 36.9 Å². The highest BCUT2D eigenvalue weighted by Gasteiger charge is 2.21. The van der Waals surface area contributed by atoms with Crippen LogP contribution in [0, 0.1) is 0 Å². The summed E-state index contributed by atoms with van der Waals surface area (Å²) >= 11 is 0. The fraction of sp³-hybridized carbons (Fsp3) is 0.556. The number of rotatable bonds is 6. The molecule has 5 nitrogen and oxygen atoms in total. The maximum Gasteiger partial charge on any atom is 0.222 e. The summed E-state index contributed by atoms with van der Waals surface area (Å²) in [7, 11) is 0. The fourth-order valence-corrected chi connectivity index (χ4v) is 3.38. The molecule has 2 N–H and O–H groups in total. The summed E-state index contributed by atoms with van der Waals surface area (Å²) in [6.07, 6.45) is 4.40. The zero-order valence-electron chi connectivity index (χ0n) is 13.9. The van der Waals surface area contributed by atoms with E-state index in [0.29, 0.717) is 32.0 Å². The van der Waals surface area contributed by atoms with Crippen LogP contribution in [0.25, 0.3) is 0 Å². The number of halogens is 1. The van der Waals surface area contributed by atoms with Gasteiger partial charge in [-0.1, -0.05) is 24.3 Å². The highest BCUT2D eigenvalue weighted by molar-refractivity contribution is 5.85. The number of nitrogens with one attached hydrogen (secondary N) is 2. The minimum Gasteiger partial charge on any atom is -0.352 e. The molecule has 0 radical (unpaired) electrons. The van der Waals surface area contributed by atoms with Crippen molar-refractivity contribution in [3.63, 3.8) is 0 Å². The maximum atomic E-state index is 12.1. The Balaban J connectivity index is 0.00000208. The normalized spacial score (nSPS) is 20.1. The Morgan fingerprint density at radius 2 is 2.04 bits per heavy atom. The third-order valence-corrected chi connectivity index (χ3v) is 4.72. The standard InChI is InChI=1S/C18H25N3O2.ClH/c22-17(11-16-7-3-9-19-16)20-12-14-5-1-2-6-15(14)13-21-10-4-8-18(21)23;/h1-2,5-6,16,19H,3-4,7-13H2,(H,20,22);1H. The number of hydrogen-bond donors (Lipinski definition) is 2. The molecule has 1 unspecified atom stereocenters. The zero-order valence-corrected chi connectivity index (χ0v) is 14.7. The second kappa shape index (κ2) is 9.04. The summed E-state index contributed by atoms with van der Waals surface area (Å²) < 4.78 is 0. The molecule has 0 spiro atoms. The first-order chi connectivity index (χ1) is 11.2. The van der Waals surface area contributed by atoms with Crippen LogP contribution < -0.4 is 10.6 Å². The second-order valence-corrected chi connectivity index (χ2v) is 6.46. The second-order valence-electron chi connectivity index (χ2n) is 6.46. The lowest BCUT2D eigenvalue weighted by molar-refractivity contribution is -0.128. The van der Waals surface area contributed by atoms with Crippen molar-refractivity contribution >= 4 is 24.2 Å². The van der Waals surface area contributed by atoms with Crippen LogP contribution in [0.4, 0.5) is 0 Å². The third kappa shape index (κ3) is 4.95. The monoisotopic (exact) mass is 351 g/mol. The molecule has 24 heavy (non-hydrogen) atoms. The molecular formula is C18H26ClN3O2. The van der Waals surface area contributed by atoms with Gasteiger partial charge in [0.05, 0.1) is 0 Å². The van der Waals surface area contributed by atoms with E-state index < -0.39 is 0 Å². The first-order valence-corrected chi connectivity index (χ1v) is 8.57. The highest BCUT2D eigenvalue weighted by Crippen LogP contribution is 2.17. The van der Waals surface area contributed by atoms with Gasteiger partial charge in [0.25, 0.3) is 0 Å². The van der Waals surface area contributed by atoms with E-state index in [1.54, 1.807) is 0 Å². The summed E-state index contributed by atoms with van der Waals surface area (Å²) in [5.41, 5.74) is 2.22. The van der Waals surface area contributed by atoms with Gasteiger partial charge in [0.1, 0.15) is 0 Å². The number of carbonyl (C=O) groups excluding carboxylic acids is 2. The molecule has 132 valence electrons. The fourth-order valence-electron chi connectivity index (χ4n) is 3.38. The molecule has 0 aromatic heterocycles. The van der Waals surface area contributed by atoms with Crippen LogP contribution in [0.5, 0.6) is 0 Å². The quantitative estimate of drug-likeness (QED) is 0.824. The van der Waals surface area contributed by atoms with Gasteiger partial charge < -0.3 is 15.5 Å². The van der Waals surface area contributed by atoms with Gasteiger partial charge >= 0.3 is 0 Å². The number of nitrogens with zero attached hydrogens (tertiary/aromatic N) is 1. The molecule has 2 aliphatic heterocycles. The summed E-state index contributed by atoms with van der Waals surface area (Å²) in [6.45, 7) is 3.04. The van der Waals surface area contributed by atoms with E-state index >= 15 is 0 Å². The van der Waals surface area contributed by atoms with E-state index in [9.17, 15) is 9.59 Å². The first-order valence-electron chi connectivity index (χ1n) is 8.57. The van der Waals surface area contributed by atoms with E-state index in [-0.39, 0.29) is 24.2 Å². The number of carbonyl (C=O) groups is 2. The van der Waals surface area contributed by atoms with Crippen LogP contribution in [0.1, 0.15) is 43.2 Å². The number of benzene rings is 1. The van der Waals surface area contributed by atoms with E-state index in [1.807, 2.05) is 29.2 Å². The molecule has 0 aliphatic carbocycles. The van der Waals surface area contributed by atoms with Gasteiger partial charge in [0, 0.05) is 38.5 Å². The number of hydrogen-bond acceptors (Lipinski definition) is 3. The van der Waals surface area contributed by atoms with Crippen LogP contribution in [0.2, 0.25) is 0 Å². The summed E-state index contributed by atoms with van der Waals surface area (Å²) in [5.74, 6) is 0.326. The van der Waals surface area contributed by atoms with E-state index in [0.717, 1.165) is 43.5 Å². The Kier molecular flexibility index (Phi) is 7.06. The summed E-state index contributed by atoms with van der Waals surface area (Å²) in [4.78, 5) is 25.8. The van der Waals surface area contributed by atoms with Crippen molar-refractivity contribution in [1.29, 1.82) is 0 Å². The van der Waals surface area contributed by atoms with Crippen LogP contribution >= 0.6 is 12.4 Å². The molecular weight excluding hydrogens is 326 g/mol. The Hall–Kier alpha value is -1.59. The van der Waals surface area contributed by atoms with E-state index in [2.05, 4.69) is 10.6 Å². The van der Waals surface area contributed by atoms with E-state index in [1.165, 1.54) is 0 Å². The van der Waals surface area contributed by atoms with Crippen molar-refractivity contribution in [2.24, 2.45) is 0 Å². The summed E-state index contributed by atoms with van der Waals surface area (Å²) in [5, 5.41) is 6.37. The van der Waals surface area contributed by atoms with Crippen LogP contribution in [0.15, 0.2) is 24.3 Å².